The molecule has 92 valence electrons. The Hall–Kier alpha value is -2.14. The summed E-state index contributed by atoms with van der Waals surface area (Å²) in [5.74, 6) is 0.602. The molecule has 0 saturated heterocycles. The highest BCUT2D eigenvalue weighted by Gasteiger charge is 2.22. The molecule has 0 fully saturated rings. The molecule has 2 aromatic carbocycles. The van der Waals surface area contributed by atoms with Gasteiger partial charge in [-0.2, -0.15) is 0 Å². The largest absolute Gasteiger partial charge is 0.785 e. The van der Waals surface area contributed by atoms with Crippen LogP contribution in [0.25, 0.3) is 0 Å². The zero-order valence-electron chi connectivity index (χ0n) is 9.91. The van der Waals surface area contributed by atoms with Crippen molar-refractivity contribution in [3.63, 3.8) is 0 Å². The average molecular weight is 244 g/mol. The second kappa shape index (κ2) is 5.47. The molecule has 0 aliphatic carbocycles. The van der Waals surface area contributed by atoms with Gasteiger partial charge in [0.1, 0.15) is 11.5 Å². The molecule has 0 heterocycles. The van der Waals surface area contributed by atoms with Crippen LogP contribution in [0.5, 0.6) is 17.2 Å². The van der Waals surface area contributed by atoms with Crippen molar-refractivity contribution in [1.29, 1.82) is 0 Å². The molecular formula is C13H13BO4. The fraction of sp³-hybridized carbons (Fsp3) is 0.0769. The van der Waals surface area contributed by atoms with Gasteiger partial charge in [-0.05, 0) is 31.2 Å². The summed E-state index contributed by atoms with van der Waals surface area (Å²) in [6.45, 7) is 1.96. The topological polar surface area (TPSA) is 58.9 Å². The lowest BCUT2D eigenvalue weighted by molar-refractivity contribution is 0.290. The lowest BCUT2D eigenvalue weighted by Crippen LogP contribution is -2.29. The molecule has 0 radical (unpaired) electrons. The molecule has 4 nitrogen and oxygen atoms in total. The van der Waals surface area contributed by atoms with Crippen LogP contribution in [0.3, 0.4) is 0 Å². The summed E-state index contributed by atoms with van der Waals surface area (Å²) >= 11 is 0. The number of benzene rings is 2. The van der Waals surface area contributed by atoms with Gasteiger partial charge in [-0.3, -0.25) is 0 Å². The number of phenols is 1. The molecule has 0 aliphatic heterocycles. The van der Waals surface area contributed by atoms with Gasteiger partial charge < -0.3 is 19.4 Å². The smallest absolute Gasteiger partial charge is 0.504 e. The van der Waals surface area contributed by atoms with Crippen LogP contribution in [0.2, 0.25) is 0 Å². The van der Waals surface area contributed by atoms with Crippen LogP contribution >= 0.6 is 0 Å². The van der Waals surface area contributed by atoms with Crippen molar-refractivity contribution in [2.24, 2.45) is 0 Å². The number of hydrogen-bond acceptors (Lipinski definition) is 4. The maximum Gasteiger partial charge on any atom is 0.785 e. The van der Waals surface area contributed by atoms with Crippen molar-refractivity contribution in [3.05, 3.63) is 54.1 Å². The van der Waals surface area contributed by atoms with Crippen LogP contribution in [0.1, 0.15) is 5.56 Å². The van der Waals surface area contributed by atoms with Crippen LogP contribution in [0, 0.1) is 6.92 Å². The van der Waals surface area contributed by atoms with Crippen LogP contribution in [0.4, 0.5) is 0 Å². The van der Waals surface area contributed by atoms with E-state index in [1.54, 1.807) is 24.3 Å². The molecule has 0 spiro atoms. The normalized spacial score (nSPS) is 9.89. The minimum Gasteiger partial charge on any atom is -0.504 e. The number of phenolic OH excluding ortho intramolecular Hbond substituents is 1. The second-order valence-electron chi connectivity index (χ2n) is 3.82. The zero-order valence-corrected chi connectivity index (χ0v) is 9.91. The third kappa shape index (κ3) is 3.18. The van der Waals surface area contributed by atoms with Crippen molar-refractivity contribution in [3.8, 4) is 17.2 Å². The molecular weight excluding hydrogens is 231 g/mol. The lowest BCUT2D eigenvalue weighted by Gasteiger charge is -2.11. The highest BCUT2D eigenvalue weighted by Crippen LogP contribution is 2.25. The zero-order chi connectivity index (χ0) is 13.0. The number of aryl methyl sites for hydroxylation is 1. The SMILES string of the molecule is Cc1ccc(OB(O)Oc2ccccc2O)cc1. The predicted molar refractivity (Wildman–Crippen MR) is 68.5 cm³/mol. The van der Waals surface area contributed by atoms with Crippen molar-refractivity contribution in [1.82, 2.24) is 0 Å². The van der Waals surface area contributed by atoms with Gasteiger partial charge in [-0.1, -0.05) is 29.8 Å². The van der Waals surface area contributed by atoms with Crippen LogP contribution < -0.4 is 9.31 Å². The molecule has 18 heavy (non-hydrogen) atoms. The van der Waals surface area contributed by atoms with Gasteiger partial charge in [0, 0.05) is 0 Å². The van der Waals surface area contributed by atoms with E-state index in [1.807, 2.05) is 19.1 Å². The molecule has 5 heteroatoms. The summed E-state index contributed by atoms with van der Waals surface area (Å²) in [4.78, 5) is 0. The molecule has 2 aromatic rings. The summed E-state index contributed by atoms with van der Waals surface area (Å²) < 4.78 is 10.2. The van der Waals surface area contributed by atoms with E-state index in [9.17, 15) is 10.1 Å². The summed E-state index contributed by atoms with van der Waals surface area (Å²) in [5.41, 5.74) is 1.10. The van der Waals surface area contributed by atoms with E-state index in [-0.39, 0.29) is 11.5 Å². The minimum absolute atomic E-state index is 0.0518. The molecule has 0 aromatic heterocycles. The average Bonchev–Trinajstić information content (AvgIpc) is 2.35. The number of hydrogen-bond donors (Lipinski definition) is 2. The van der Waals surface area contributed by atoms with Gasteiger partial charge in [0.15, 0.2) is 5.75 Å². The van der Waals surface area contributed by atoms with Crippen LogP contribution in [-0.2, 0) is 0 Å². The molecule has 0 bridgehead atoms. The third-order valence-corrected chi connectivity index (χ3v) is 2.35. The highest BCUT2D eigenvalue weighted by atomic mass is 16.7. The Labute approximate surface area is 106 Å². The molecule has 0 atom stereocenters. The second-order valence-corrected chi connectivity index (χ2v) is 3.82. The quantitative estimate of drug-likeness (QED) is 0.809. The Morgan fingerprint density at radius 1 is 0.944 bits per heavy atom. The Balaban J connectivity index is 1.99. The van der Waals surface area contributed by atoms with Crippen LogP contribution in [-0.4, -0.2) is 17.5 Å². The Morgan fingerprint density at radius 3 is 2.28 bits per heavy atom. The van der Waals surface area contributed by atoms with Crippen LogP contribution in [0.15, 0.2) is 48.5 Å². The van der Waals surface area contributed by atoms with E-state index < -0.39 is 7.32 Å². The monoisotopic (exact) mass is 244 g/mol. The maximum atomic E-state index is 9.59. The maximum absolute atomic E-state index is 9.59. The predicted octanol–water partition coefficient (Wildman–Crippen LogP) is 2.14. The van der Waals surface area contributed by atoms with E-state index in [0.717, 1.165) is 5.56 Å². The van der Waals surface area contributed by atoms with E-state index in [1.165, 1.54) is 12.1 Å². The molecule has 0 amide bonds. The number of rotatable bonds is 4. The summed E-state index contributed by atoms with van der Waals surface area (Å²) in [7, 11) is -1.47. The first-order valence-electron chi connectivity index (χ1n) is 5.51. The fourth-order valence-electron chi connectivity index (χ4n) is 1.42. The van der Waals surface area contributed by atoms with E-state index >= 15 is 0 Å². The van der Waals surface area contributed by atoms with Gasteiger partial charge >= 0.3 is 7.32 Å². The Morgan fingerprint density at radius 2 is 1.61 bits per heavy atom. The van der Waals surface area contributed by atoms with Crippen molar-refractivity contribution in [2.75, 3.05) is 0 Å². The van der Waals surface area contributed by atoms with Gasteiger partial charge in [0.05, 0.1) is 0 Å². The first-order valence-corrected chi connectivity index (χ1v) is 5.51. The van der Waals surface area contributed by atoms with E-state index in [0.29, 0.717) is 5.75 Å². The summed E-state index contributed by atoms with van der Waals surface area (Å²) in [6.07, 6.45) is 0. The van der Waals surface area contributed by atoms with Gasteiger partial charge in [-0.25, -0.2) is 0 Å². The van der Waals surface area contributed by atoms with Gasteiger partial charge in [-0.15, -0.1) is 0 Å². The Bertz CT molecular complexity index is 513. The van der Waals surface area contributed by atoms with Crippen molar-refractivity contribution in [2.45, 2.75) is 6.92 Å². The van der Waals surface area contributed by atoms with E-state index in [2.05, 4.69) is 0 Å². The van der Waals surface area contributed by atoms with Crippen molar-refractivity contribution >= 4 is 7.32 Å². The first kappa shape index (κ1) is 12.3. The van der Waals surface area contributed by atoms with Crippen molar-refractivity contribution < 1.29 is 19.4 Å². The third-order valence-electron chi connectivity index (χ3n) is 2.35. The lowest BCUT2D eigenvalue weighted by atomic mass is 10.2. The highest BCUT2D eigenvalue weighted by molar-refractivity contribution is 6.36. The summed E-state index contributed by atoms with van der Waals surface area (Å²) in [6, 6.07) is 13.5. The minimum atomic E-state index is -1.47. The molecule has 2 rings (SSSR count). The number of aromatic hydroxyl groups is 1. The first-order chi connectivity index (χ1) is 8.65. The summed E-state index contributed by atoms with van der Waals surface area (Å²) in [5, 5.41) is 19.1. The molecule has 2 N–H and O–H groups in total. The molecule has 0 saturated carbocycles. The standard InChI is InChI=1S/C13H13BO4/c1-10-6-8-11(9-7-10)17-14(16)18-13-5-3-2-4-12(13)15/h2-9,15-16H,1H3. The Kier molecular flexibility index (Phi) is 3.74. The van der Waals surface area contributed by atoms with E-state index in [4.69, 9.17) is 9.31 Å². The number of para-hydroxylation sites is 2. The molecule has 0 unspecified atom stereocenters. The molecule has 0 aliphatic rings. The van der Waals surface area contributed by atoms with Gasteiger partial charge in [0.25, 0.3) is 0 Å². The fourth-order valence-corrected chi connectivity index (χ4v) is 1.42. The van der Waals surface area contributed by atoms with Gasteiger partial charge in [0.2, 0.25) is 0 Å².